The summed E-state index contributed by atoms with van der Waals surface area (Å²) in [6.07, 6.45) is 2.84. The van der Waals surface area contributed by atoms with Crippen molar-refractivity contribution in [2.24, 2.45) is 0 Å². The van der Waals surface area contributed by atoms with Crippen molar-refractivity contribution in [3.63, 3.8) is 0 Å². The van der Waals surface area contributed by atoms with Crippen LogP contribution in [-0.2, 0) is 13.0 Å². The first-order valence-corrected chi connectivity index (χ1v) is 10.1. The molecule has 2 N–H and O–H groups in total. The van der Waals surface area contributed by atoms with E-state index in [2.05, 4.69) is 40.7 Å². The number of anilines is 1. The summed E-state index contributed by atoms with van der Waals surface area (Å²) in [6.45, 7) is 7.04. The first-order chi connectivity index (χ1) is 13.0. The molecule has 1 aliphatic heterocycles. The lowest BCUT2D eigenvalue weighted by atomic mass is 10.0. The maximum absolute atomic E-state index is 12.5. The maximum Gasteiger partial charge on any atom is 0.319 e. The third-order valence-electron chi connectivity index (χ3n) is 5.22. The van der Waals surface area contributed by atoms with Gasteiger partial charge >= 0.3 is 6.03 Å². The molecule has 3 rings (SSSR count). The van der Waals surface area contributed by atoms with Crippen LogP contribution in [0.3, 0.4) is 0 Å². The number of nitrogens with one attached hydrogen (secondary N) is 2. The predicted octanol–water partition coefficient (Wildman–Crippen LogP) is 5.00. The maximum atomic E-state index is 12.5. The smallest absolute Gasteiger partial charge is 0.319 e. The predicted molar refractivity (Wildman–Crippen MR) is 112 cm³/mol. The zero-order valence-electron chi connectivity index (χ0n) is 16.1. The fourth-order valence-electron chi connectivity index (χ4n) is 3.62. The van der Waals surface area contributed by atoms with Crippen LogP contribution in [0.4, 0.5) is 10.5 Å². The molecule has 0 spiro atoms. The number of hydrogen-bond acceptors (Lipinski definition) is 2. The number of benzene rings is 2. The summed E-state index contributed by atoms with van der Waals surface area (Å²) in [6, 6.07) is 14.3. The van der Waals surface area contributed by atoms with Crippen molar-refractivity contribution in [1.82, 2.24) is 10.2 Å². The summed E-state index contributed by atoms with van der Waals surface area (Å²) < 4.78 is 0. The van der Waals surface area contributed by atoms with Crippen molar-refractivity contribution in [2.45, 2.75) is 45.7 Å². The van der Waals surface area contributed by atoms with Crippen LogP contribution in [0.2, 0.25) is 5.02 Å². The Balaban J connectivity index is 1.47. The Morgan fingerprint density at radius 2 is 1.85 bits per heavy atom. The number of para-hydroxylation sites is 1. The number of carbonyl (C=O) groups is 1. The molecule has 1 saturated heterocycles. The molecule has 0 unspecified atom stereocenters. The molecule has 1 aliphatic rings. The van der Waals surface area contributed by atoms with Gasteiger partial charge in [0.05, 0.1) is 0 Å². The van der Waals surface area contributed by atoms with E-state index in [1.807, 2.05) is 31.2 Å². The minimum Gasteiger partial charge on any atom is -0.335 e. The molecule has 0 aliphatic carbocycles. The van der Waals surface area contributed by atoms with Gasteiger partial charge in [-0.05, 0) is 55.0 Å². The van der Waals surface area contributed by atoms with Crippen molar-refractivity contribution in [1.29, 1.82) is 0 Å². The molecule has 1 fully saturated rings. The van der Waals surface area contributed by atoms with Gasteiger partial charge in [0.25, 0.3) is 0 Å². The minimum atomic E-state index is -0.102. The topological polar surface area (TPSA) is 44.4 Å². The molecule has 2 aromatic carbocycles. The normalized spacial score (nSPS) is 15.5. The Bertz CT molecular complexity index is 768. The molecule has 4 nitrogen and oxygen atoms in total. The quantitative estimate of drug-likeness (QED) is 0.760. The molecule has 144 valence electrons. The molecule has 2 aromatic rings. The lowest BCUT2D eigenvalue weighted by molar-refractivity contribution is 0.190. The zero-order chi connectivity index (χ0) is 19.2. The average molecular weight is 386 g/mol. The fraction of sp³-hybridized carbons (Fsp3) is 0.409. The SMILES string of the molecule is CCc1cccc(C)c1NC(=O)NC1CCN(Cc2ccc(Cl)cc2)CC1. The van der Waals surface area contributed by atoms with Gasteiger partial charge in [-0.15, -0.1) is 0 Å². The van der Waals surface area contributed by atoms with Crippen molar-refractivity contribution >= 4 is 23.3 Å². The highest BCUT2D eigenvalue weighted by atomic mass is 35.5. The molecule has 0 aromatic heterocycles. The first-order valence-electron chi connectivity index (χ1n) is 9.68. The average Bonchev–Trinajstić information content (AvgIpc) is 2.67. The summed E-state index contributed by atoms with van der Waals surface area (Å²) in [5, 5.41) is 6.97. The van der Waals surface area contributed by atoms with Crippen LogP contribution in [0.5, 0.6) is 0 Å². The van der Waals surface area contributed by atoms with Gasteiger partial charge in [0, 0.05) is 36.4 Å². The van der Waals surface area contributed by atoms with Gasteiger partial charge in [-0.1, -0.05) is 48.9 Å². The number of likely N-dealkylation sites (tertiary alicyclic amines) is 1. The van der Waals surface area contributed by atoms with Gasteiger partial charge < -0.3 is 10.6 Å². The molecule has 27 heavy (non-hydrogen) atoms. The van der Waals surface area contributed by atoms with E-state index in [0.717, 1.165) is 55.2 Å². The van der Waals surface area contributed by atoms with E-state index in [4.69, 9.17) is 11.6 Å². The van der Waals surface area contributed by atoms with E-state index >= 15 is 0 Å². The van der Waals surface area contributed by atoms with Crippen LogP contribution < -0.4 is 10.6 Å². The summed E-state index contributed by atoms with van der Waals surface area (Å²) in [4.78, 5) is 14.9. The lowest BCUT2D eigenvalue weighted by Crippen LogP contribution is -2.45. The highest BCUT2D eigenvalue weighted by molar-refractivity contribution is 6.30. The number of halogens is 1. The second-order valence-electron chi connectivity index (χ2n) is 7.24. The molecule has 0 radical (unpaired) electrons. The third-order valence-corrected chi connectivity index (χ3v) is 5.47. The van der Waals surface area contributed by atoms with Gasteiger partial charge in [0.15, 0.2) is 0 Å². The number of rotatable bonds is 5. The largest absolute Gasteiger partial charge is 0.335 e. The monoisotopic (exact) mass is 385 g/mol. The summed E-state index contributed by atoms with van der Waals surface area (Å²) in [5.74, 6) is 0. The van der Waals surface area contributed by atoms with E-state index < -0.39 is 0 Å². The number of carbonyl (C=O) groups excluding carboxylic acids is 1. The highest BCUT2D eigenvalue weighted by Gasteiger charge is 2.21. The van der Waals surface area contributed by atoms with E-state index in [1.165, 1.54) is 11.1 Å². The number of hydrogen-bond donors (Lipinski definition) is 2. The second kappa shape index (κ2) is 9.25. The van der Waals surface area contributed by atoms with Crippen molar-refractivity contribution in [2.75, 3.05) is 18.4 Å². The van der Waals surface area contributed by atoms with E-state index in [1.54, 1.807) is 0 Å². The van der Waals surface area contributed by atoms with E-state index in [9.17, 15) is 4.79 Å². The van der Waals surface area contributed by atoms with Crippen LogP contribution in [0.25, 0.3) is 0 Å². The molecule has 5 heteroatoms. The molecule has 1 heterocycles. The van der Waals surface area contributed by atoms with Crippen LogP contribution >= 0.6 is 11.6 Å². The summed E-state index contributed by atoms with van der Waals surface area (Å²) in [7, 11) is 0. The molecule has 0 atom stereocenters. The highest BCUT2D eigenvalue weighted by Crippen LogP contribution is 2.21. The van der Waals surface area contributed by atoms with Gasteiger partial charge in [-0.25, -0.2) is 4.79 Å². The minimum absolute atomic E-state index is 0.102. The fourth-order valence-corrected chi connectivity index (χ4v) is 3.75. The van der Waals surface area contributed by atoms with Gasteiger partial charge in [0.2, 0.25) is 0 Å². The number of piperidine rings is 1. The molecule has 2 amide bonds. The summed E-state index contributed by atoms with van der Waals surface area (Å²) in [5.41, 5.74) is 4.48. The number of amides is 2. The van der Waals surface area contributed by atoms with Gasteiger partial charge in [0.1, 0.15) is 0 Å². The lowest BCUT2D eigenvalue weighted by Gasteiger charge is -2.32. The summed E-state index contributed by atoms with van der Waals surface area (Å²) >= 11 is 5.95. The Labute approximate surface area is 166 Å². The number of nitrogens with zero attached hydrogens (tertiary/aromatic N) is 1. The Kier molecular flexibility index (Phi) is 6.75. The first kappa shape index (κ1) is 19.7. The molecule has 0 saturated carbocycles. The molecular formula is C22H28ClN3O. The van der Waals surface area contributed by atoms with Gasteiger partial charge in [-0.3, -0.25) is 4.90 Å². The van der Waals surface area contributed by atoms with Crippen LogP contribution in [-0.4, -0.2) is 30.1 Å². The second-order valence-corrected chi connectivity index (χ2v) is 7.67. The van der Waals surface area contributed by atoms with Crippen LogP contribution in [0.15, 0.2) is 42.5 Å². The van der Waals surface area contributed by atoms with Crippen molar-refractivity contribution in [3.8, 4) is 0 Å². The Hall–Kier alpha value is -2.04. The zero-order valence-corrected chi connectivity index (χ0v) is 16.9. The third kappa shape index (κ3) is 5.47. The van der Waals surface area contributed by atoms with E-state index in [-0.39, 0.29) is 12.1 Å². The van der Waals surface area contributed by atoms with Gasteiger partial charge in [-0.2, -0.15) is 0 Å². The molecule has 0 bridgehead atoms. The van der Waals surface area contributed by atoms with Crippen molar-refractivity contribution < 1.29 is 4.79 Å². The standard InChI is InChI=1S/C22H28ClN3O/c1-3-18-6-4-5-16(2)21(18)25-22(27)24-20-11-13-26(14-12-20)15-17-7-9-19(23)10-8-17/h4-10,20H,3,11-15H2,1-2H3,(H2,24,25,27). The Morgan fingerprint density at radius 3 is 2.52 bits per heavy atom. The van der Waals surface area contributed by atoms with E-state index in [0.29, 0.717) is 0 Å². The van der Waals surface area contributed by atoms with Crippen LogP contribution in [0, 0.1) is 6.92 Å². The number of urea groups is 1. The Morgan fingerprint density at radius 1 is 1.15 bits per heavy atom. The van der Waals surface area contributed by atoms with Crippen LogP contribution in [0.1, 0.15) is 36.5 Å². The van der Waals surface area contributed by atoms with Crippen molar-refractivity contribution in [3.05, 3.63) is 64.2 Å². The molecular weight excluding hydrogens is 358 g/mol. The number of aryl methyl sites for hydroxylation is 2.